The number of thiophene rings is 1. The van der Waals surface area contributed by atoms with Gasteiger partial charge in [0, 0.05) is 6.04 Å². The van der Waals surface area contributed by atoms with E-state index in [9.17, 15) is 0 Å². The van der Waals surface area contributed by atoms with Gasteiger partial charge in [-0.1, -0.05) is 24.2 Å². The molecule has 2 aliphatic rings. The number of hydrogen-bond donors (Lipinski definition) is 0. The molecule has 2 bridgehead atoms. The van der Waals surface area contributed by atoms with Gasteiger partial charge < -0.3 is 0 Å². The van der Waals surface area contributed by atoms with E-state index in [4.69, 9.17) is 0 Å². The van der Waals surface area contributed by atoms with Crippen molar-refractivity contribution in [3.8, 4) is 10.7 Å². The van der Waals surface area contributed by atoms with Crippen molar-refractivity contribution in [3.05, 3.63) is 17.5 Å². The number of rotatable bonds is 4. The minimum atomic E-state index is 0.509. The van der Waals surface area contributed by atoms with Gasteiger partial charge in [-0.15, -0.1) is 21.5 Å². The zero-order chi connectivity index (χ0) is 14.4. The highest BCUT2D eigenvalue weighted by molar-refractivity contribution is 7.98. The third kappa shape index (κ3) is 2.25. The molecule has 2 fully saturated rings. The van der Waals surface area contributed by atoms with Gasteiger partial charge in [0.15, 0.2) is 11.0 Å². The van der Waals surface area contributed by atoms with Gasteiger partial charge >= 0.3 is 0 Å². The SMILES string of the molecule is CSc1nnc(-c2cccs2)n1C(C)C1CC2CCC1C2. The van der Waals surface area contributed by atoms with Crippen molar-refractivity contribution in [3.63, 3.8) is 0 Å². The monoisotopic (exact) mass is 319 g/mol. The summed E-state index contributed by atoms with van der Waals surface area (Å²) in [6.07, 6.45) is 7.86. The highest BCUT2D eigenvalue weighted by Gasteiger charge is 2.43. The molecular formula is C16H21N3S2. The van der Waals surface area contributed by atoms with E-state index >= 15 is 0 Å². The van der Waals surface area contributed by atoms with Crippen LogP contribution in [-0.4, -0.2) is 21.0 Å². The van der Waals surface area contributed by atoms with Crippen molar-refractivity contribution in [2.45, 2.75) is 43.8 Å². The van der Waals surface area contributed by atoms with Crippen LogP contribution in [0.2, 0.25) is 0 Å². The molecule has 0 saturated heterocycles. The standard InChI is InChI=1S/C16H21N3S2/c1-10(13-9-11-5-6-12(13)8-11)19-15(14-4-3-7-21-14)17-18-16(19)20-2/h3-4,7,10-13H,5-6,8-9H2,1-2H3. The predicted molar refractivity (Wildman–Crippen MR) is 88.8 cm³/mol. The van der Waals surface area contributed by atoms with Crippen LogP contribution in [0.15, 0.2) is 22.7 Å². The first-order valence-electron chi connectivity index (χ1n) is 7.80. The molecule has 4 unspecified atom stereocenters. The predicted octanol–water partition coefficient (Wildman–Crippen LogP) is 4.73. The average Bonchev–Trinajstić information content (AvgIpc) is 3.28. The first-order chi connectivity index (χ1) is 10.3. The molecule has 0 spiro atoms. The van der Waals surface area contributed by atoms with Crippen LogP contribution in [0.1, 0.15) is 38.6 Å². The van der Waals surface area contributed by atoms with Crippen molar-refractivity contribution in [2.75, 3.05) is 6.26 Å². The van der Waals surface area contributed by atoms with Crippen LogP contribution in [0, 0.1) is 17.8 Å². The Hall–Kier alpha value is -0.810. The molecule has 0 aromatic carbocycles. The Morgan fingerprint density at radius 1 is 1.33 bits per heavy atom. The lowest BCUT2D eigenvalue weighted by Crippen LogP contribution is -2.23. The van der Waals surface area contributed by atoms with Crippen LogP contribution in [0.25, 0.3) is 10.7 Å². The summed E-state index contributed by atoms with van der Waals surface area (Å²) < 4.78 is 2.40. The Labute approximate surface area is 134 Å². The fraction of sp³-hybridized carbons (Fsp3) is 0.625. The zero-order valence-electron chi connectivity index (χ0n) is 12.5. The molecule has 4 rings (SSSR count). The molecular weight excluding hydrogens is 298 g/mol. The maximum absolute atomic E-state index is 4.49. The third-order valence-corrected chi connectivity index (χ3v) is 6.92. The zero-order valence-corrected chi connectivity index (χ0v) is 14.2. The molecule has 0 radical (unpaired) electrons. The molecule has 112 valence electrons. The number of thioether (sulfide) groups is 1. The van der Waals surface area contributed by atoms with E-state index in [0.717, 1.165) is 28.7 Å². The highest BCUT2D eigenvalue weighted by Crippen LogP contribution is 2.52. The second-order valence-electron chi connectivity index (χ2n) is 6.44. The summed E-state index contributed by atoms with van der Waals surface area (Å²) in [6, 6.07) is 4.76. The van der Waals surface area contributed by atoms with Crippen LogP contribution in [0.3, 0.4) is 0 Å². The Kier molecular flexibility index (Phi) is 3.58. The number of hydrogen-bond acceptors (Lipinski definition) is 4. The largest absolute Gasteiger partial charge is 0.298 e. The lowest BCUT2D eigenvalue weighted by Gasteiger charge is -2.30. The second kappa shape index (κ2) is 5.43. The smallest absolute Gasteiger partial charge is 0.191 e. The summed E-state index contributed by atoms with van der Waals surface area (Å²) in [5, 5.41) is 12.1. The molecule has 5 heteroatoms. The molecule has 2 aliphatic carbocycles. The Morgan fingerprint density at radius 2 is 2.24 bits per heavy atom. The molecule has 4 atom stereocenters. The Bertz CT molecular complexity index is 620. The first-order valence-corrected chi connectivity index (χ1v) is 9.91. The average molecular weight is 319 g/mol. The Morgan fingerprint density at radius 3 is 2.86 bits per heavy atom. The molecule has 0 N–H and O–H groups in total. The molecule has 21 heavy (non-hydrogen) atoms. The van der Waals surface area contributed by atoms with Gasteiger partial charge in [0.05, 0.1) is 4.88 Å². The number of fused-ring (bicyclic) bond motifs is 2. The van der Waals surface area contributed by atoms with Crippen molar-refractivity contribution in [1.82, 2.24) is 14.8 Å². The van der Waals surface area contributed by atoms with E-state index in [1.54, 1.807) is 23.1 Å². The summed E-state index contributed by atoms with van der Waals surface area (Å²) in [5.41, 5.74) is 0. The van der Waals surface area contributed by atoms with Crippen molar-refractivity contribution in [2.24, 2.45) is 17.8 Å². The maximum atomic E-state index is 4.49. The van der Waals surface area contributed by atoms with Crippen molar-refractivity contribution < 1.29 is 0 Å². The minimum absolute atomic E-state index is 0.509. The molecule has 2 aromatic heterocycles. The molecule has 2 heterocycles. The minimum Gasteiger partial charge on any atom is -0.298 e. The van der Waals surface area contributed by atoms with Gasteiger partial charge in [-0.2, -0.15) is 0 Å². The van der Waals surface area contributed by atoms with Crippen molar-refractivity contribution in [1.29, 1.82) is 0 Å². The van der Waals surface area contributed by atoms with Gasteiger partial charge in [0.25, 0.3) is 0 Å². The molecule has 0 amide bonds. The van der Waals surface area contributed by atoms with Gasteiger partial charge in [-0.25, -0.2) is 0 Å². The van der Waals surface area contributed by atoms with E-state index in [2.05, 4.69) is 45.5 Å². The van der Waals surface area contributed by atoms with Gasteiger partial charge in [-0.05, 0) is 61.6 Å². The normalized spacial score (nSPS) is 29.1. The maximum Gasteiger partial charge on any atom is 0.191 e. The third-order valence-electron chi connectivity index (χ3n) is 5.41. The van der Waals surface area contributed by atoms with Gasteiger partial charge in [0.2, 0.25) is 0 Å². The van der Waals surface area contributed by atoms with Crippen molar-refractivity contribution >= 4 is 23.1 Å². The lowest BCUT2D eigenvalue weighted by atomic mass is 9.84. The topological polar surface area (TPSA) is 30.7 Å². The summed E-state index contributed by atoms with van der Waals surface area (Å²) >= 11 is 3.47. The molecule has 2 aromatic rings. The molecule has 3 nitrogen and oxygen atoms in total. The van der Waals surface area contributed by atoms with E-state index < -0.39 is 0 Å². The molecule has 0 aliphatic heterocycles. The number of nitrogens with zero attached hydrogens (tertiary/aromatic N) is 3. The summed E-state index contributed by atoms with van der Waals surface area (Å²) in [7, 11) is 0. The van der Waals surface area contributed by atoms with Crippen LogP contribution >= 0.6 is 23.1 Å². The van der Waals surface area contributed by atoms with E-state index in [0.29, 0.717) is 6.04 Å². The van der Waals surface area contributed by atoms with Crippen LogP contribution < -0.4 is 0 Å². The fourth-order valence-corrected chi connectivity index (χ4v) is 5.71. The van der Waals surface area contributed by atoms with E-state index in [1.165, 1.54) is 30.6 Å². The first kappa shape index (κ1) is 13.8. The quantitative estimate of drug-likeness (QED) is 0.764. The summed E-state index contributed by atoms with van der Waals surface area (Å²) in [6.45, 7) is 2.38. The Balaban J connectivity index is 1.71. The highest BCUT2D eigenvalue weighted by atomic mass is 32.2. The number of aromatic nitrogens is 3. The van der Waals surface area contributed by atoms with E-state index in [1.807, 2.05) is 0 Å². The molecule has 2 saturated carbocycles. The van der Waals surface area contributed by atoms with E-state index in [-0.39, 0.29) is 0 Å². The van der Waals surface area contributed by atoms with Gasteiger partial charge in [0.1, 0.15) is 0 Å². The summed E-state index contributed by atoms with van der Waals surface area (Å²) in [5.74, 6) is 3.79. The van der Waals surface area contributed by atoms with Gasteiger partial charge in [-0.3, -0.25) is 4.57 Å². The summed E-state index contributed by atoms with van der Waals surface area (Å²) in [4.78, 5) is 1.23. The van der Waals surface area contributed by atoms with Crippen LogP contribution in [0.4, 0.5) is 0 Å². The van der Waals surface area contributed by atoms with Crippen LogP contribution in [-0.2, 0) is 0 Å². The fourth-order valence-electron chi connectivity index (χ4n) is 4.43. The lowest BCUT2D eigenvalue weighted by molar-refractivity contribution is 0.235. The second-order valence-corrected chi connectivity index (χ2v) is 8.16. The van der Waals surface area contributed by atoms with Crippen LogP contribution in [0.5, 0.6) is 0 Å².